The molecule has 0 atom stereocenters. The SMILES string of the molecule is Cc1cn2cc(NC(=O)c3ccc(N4CCC(NC5CC5)CC4)n4cc(C)nc34)cc(F)c2n1. The number of carbonyl (C=O) groups excluding carboxylic acids is 1. The van der Waals surface area contributed by atoms with Crippen LogP contribution in [0, 0.1) is 19.7 Å². The number of imidazole rings is 2. The number of rotatable bonds is 5. The molecule has 0 radical (unpaired) electrons. The number of hydrogen-bond donors (Lipinski definition) is 2. The van der Waals surface area contributed by atoms with Crippen molar-refractivity contribution < 1.29 is 9.18 Å². The standard InChI is InChI=1S/C25H28FN7O/c1-15-12-32-14-19(11-21(26)24(32)28-15)30-25(34)20-5-6-22(33-13-16(2)27-23(20)33)31-9-7-18(8-10-31)29-17-3-4-17/h5-6,11-14,17-18,29H,3-4,7-10H2,1-2H3,(H,30,34). The van der Waals surface area contributed by atoms with Gasteiger partial charge in [-0.25, -0.2) is 14.4 Å². The Labute approximate surface area is 196 Å². The van der Waals surface area contributed by atoms with Gasteiger partial charge < -0.3 is 19.9 Å². The summed E-state index contributed by atoms with van der Waals surface area (Å²) in [4.78, 5) is 24.4. The van der Waals surface area contributed by atoms with E-state index in [1.54, 1.807) is 23.7 Å². The Morgan fingerprint density at radius 2 is 1.68 bits per heavy atom. The van der Waals surface area contributed by atoms with Crippen molar-refractivity contribution in [3.8, 4) is 0 Å². The molecule has 0 aromatic carbocycles. The lowest BCUT2D eigenvalue weighted by Gasteiger charge is -2.34. The van der Waals surface area contributed by atoms with Crippen LogP contribution in [0.3, 0.4) is 0 Å². The summed E-state index contributed by atoms with van der Waals surface area (Å²) in [5.41, 5.74) is 3.20. The number of amides is 1. The first-order valence-electron chi connectivity index (χ1n) is 11.9. The number of piperidine rings is 1. The van der Waals surface area contributed by atoms with E-state index < -0.39 is 5.82 Å². The molecule has 1 amide bonds. The molecule has 1 aliphatic heterocycles. The second kappa shape index (κ2) is 8.09. The molecule has 6 rings (SSSR count). The summed E-state index contributed by atoms with van der Waals surface area (Å²) in [7, 11) is 0. The number of fused-ring (bicyclic) bond motifs is 2. The minimum atomic E-state index is -0.484. The van der Waals surface area contributed by atoms with Gasteiger partial charge in [0, 0.05) is 49.8 Å². The number of aryl methyl sites for hydroxylation is 2. The highest BCUT2D eigenvalue weighted by atomic mass is 19.1. The van der Waals surface area contributed by atoms with E-state index >= 15 is 0 Å². The third-order valence-corrected chi connectivity index (χ3v) is 6.71. The zero-order chi connectivity index (χ0) is 23.4. The number of nitrogens with one attached hydrogen (secondary N) is 2. The fourth-order valence-electron chi connectivity index (χ4n) is 4.91. The van der Waals surface area contributed by atoms with E-state index in [0.29, 0.717) is 28.6 Å². The Hall–Kier alpha value is -3.46. The Morgan fingerprint density at radius 1 is 0.971 bits per heavy atom. The van der Waals surface area contributed by atoms with Crippen LogP contribution in [0.1, 0.15) is 47.4 Å². The lowest BCUT2D eigenvalue weighted by molar-refractivity contribution is 0.102. The summed E-state index contributed by atoms with van der Waals surface area (Å²) in [6.45, 7) is 5.66. The maximum atomic E-state index is 14.5. The van der Waals surface area contributed by atoms with E-state index in [4.69, 9.17) is 0 Å². The number of nitrogens with zero attached hydrogens (tertiary/aromatic N) is 5. The minimum absolute atomic E-state index is 0.238. The molecule has 1 saturated heterocycles. The van der Waals surface area contributed by atoms with E-state index in [-0.39, 0.29) is 11.6 Å². The van der Waals surface area contributed by atoms with E-state index in [1.807, 2.05) is 29.7 Å². The predicted molar refractivity (Wildman–Crippen MR) is 129 cm³/mol. The van der Waals surface area contributed by atoms with Crippen molar-refractivity contribution in [1.82, 2.24) is 24.1 Å². The second-order valence-electron chi connectivity index (χ2n) is 9.53. The Balaban J connectivity index is 1.26. The molecule has 4 aromatic rings. The molecule has 2 fully saturated rings. The van der Waals surface area contributed by atoms with E-state index in [0.717, 1.165) is 43.5 Å². The van der Waals surface area contributed by atoms with Crippen LogP contribution < -0.4 is 15.5 Å². The molecule has 4 aromatic heterocycles. The number of halogens is 1. The van der Waals surface area contributed by atoms with Crippen molar-refractivity contribution in [2.75, 3.05) is 23.3 Å². The maximum absolute atomic E-state index is 14.5. The molecule has 1 saturated carbocycles. The Kier molecular flexibility index (Phi) is 5.02. The number of anilines is 2. The van der Waals surface area contributed by atoms with Crippen molar-refractivity contribution in [3.05, 3.63) is 59.6 Å². The molecule has 8 nitrogen and oxygen atoms in total. The van der Waals surface area contributed by atoms with Crippen LogP contribution >= 0.6 is 0 Å². The molecule has 2 N–H and O–H groups in total. The van der Waals surface area contributed by atoms with E-state index in [1.165, 1.54) is 18.9 Å². The summed E-state index contributed by atoms with van der Waals surface area (Å²) >= 11 is 0. The van der Waals surface area contributed by atoms with Gasteiger partial charge in [0.1, 0.15) is 5.82 Å². The summed E-state index contributed by atoms with van der Waals surface area (Å²) in [5, 5.41) is 6.57. The zero-order valence-electron chi connectivity index (χ0n) is 19.4. The lowest BCUT2D eigenvalue weighted by atomic mass is 10.0. The second-order valence-corrected chi connectivity index (χ2v) is 9.53. The van der Waals surface area contributed by atoms with Crippen LogP contribution in [0.5, 0.6) is 0 Å². The first-order valence-corrected chi connectivity index (χ1v) is 11.9. The molecule has 176 valence electrons. The highest BCUT2D eigenvalue weighted by Gasteiger charge is 2.28. The predicted octanol–water partition coefficient (Wildman–Crippen LogP) is 3.71. The highest BCUT2D eigenvalue weighted by molar-refractivity contribution is 6.08. The van der Waals surface area contributed by atoms with Crippen molar-refractivity contribution in [3.63, 3.8) is 0 Å². The van der Waals surface area contributed by atoms with Crippen LogP contribution in [0.4, 0.5) is 15.9 Å². The van der Waals surface area contributed by atoms with Crippen molar-refractivity contribution in [1.29, 1.82) is 0 Å². The van der Waals surface area contributed by atoms with Gasteiger partial charge in [-0.05, 0) is 51.7 Å². The molecule has 0 spiro atoms. The molecule has 0 unspecified atom stereocenters. The largest absolute Gasteiger partial charge is 0.358 e. The number of carbonyl (C=O) groups is 1. The fourth-order valence-corrected chi connectivity index (χ4v) is 4.91. The molecule has 2 aliphatic rings. The van der Waals surface area contributed by atoms with Gasteiger partial charge in [-0.15, -0.1) is 0 Å². The molecule has 34 heavy (non-hydrogen) atoms. The summed E-state index contributed by atoms with van der Waals surface area (Å²) in [5.74, 6) is 0.228. The molecule has 0 bridgehead atoms. The van der Waals surface area contributed by atoms with Crippen molar-refractivity contribution >= 4 is 28.7 Å². The number of aromatic nitrogens is 4. The molecule has 5 heterocycles. The monoisotopic (exact) mass is 461 g/mol. The number of hydrogen-bond acceptors (Lipinski definition) is 5. The first-order chi connectivity index (χ1) is 16.4. The van der Waals surface area contributed by atoms with Crippen LogP contribution in [-0.4, -0.2) is 49.8 Å². The minimum Gasteiger partial charge on any atom is -0.358 e. The van der Waals surface area contributed by atoms with Gasteiger partial charge in [0.05, 0.1) is 22.6 Å². The van der Waals surface area contributed by atoms with Gasteiger partial charge in [-0.1, -0.05) is 0 Å². The van der Waals surface area contributed by atoms with Crippen LogP contribution in [0.15, 0.2) is 36.8 Å². The smallest absolute Gasteiger partial charge is 0.259 e. The van der Waals surface area contributed by atoms with Gasteiger partial charge in [-0.3, -0.25) is 9.20 Å². The average molecular weight is 462 g/mol. The Morgan fingerprint density at radius 3 is 2.44 bits per heavy atom. The maximum Gasteiger partial charge on any atom is 0.259 e. The topological polar surface area (TPSA) is 79.0 Å². The first kappa shape index (κ1) is 21.1. The van der Waals surface area contributed by atoms with E-state index in [2.05, 4.69) is 25.5 Å². The summed E-state index contributed by atoms with van der Waals surface area (Å²) < 4.78 is 18.1. The Bertz CT molecular complexity index is 1400. The third kappa shape index (κ3) is 3.90. The molecule has 1 aliphatic carbocycles. The van der Waals surface area contributed by atoms with Crippen LogP contribution in [0.25, 0.3) is 11.3 Å². The fraction of sp³-hybridized carbons (Fsp3) is 0.400. The zero-order valence-corrected chi connectivity index (χ0v) is 19.4. The van der Waals surface area contributed by atoms with Crippen molar-refractivity contribution in [2.24, 2.45) is 0 Å². The van der Waals surface area contributed by atoms with Gasteiger partial charge in [0.25, 0.3) is 5.91 Å². The number of pyridine rings is 2. The third-order valence-electron chi connectivity index (χ3n) is 6.71. The highest BCUT2D eigenvalue weighted by Crippen LogP contribution is 2.27. The van der Waals surface area contributed by atoms with Gasteiger partial charge in [0.15, 0.2) is 17.1 Å². The lowest BCUT2D eigenvalue weighted by Crippen LogP contribution is -2.43. The normalized spacial score (nSPS) is 17.1. The van der Waals surface area contributed by atoms with E-state index in [9.17, 15) is 9.18 Å². The summed E-state index contributed by atoms with van der Waals surface area (Å²) in [6, 6.07) is 6.41. The van der Waals surface area contributed by atoms with Crippen LogP contribution in [-0.2, 0) is 0 Å². The van der Waals surface area contributed by atoms with Gasteiger partial charge >= 0.3 is 0 Å². The van der Waals surface area contributed by atoms with Gasteiger partial charge in [0.2, 0.25) is 0 Å². The van der Waals surface area contributed by atoms with Gasteiger partial charge in [-0.2, -0.15) is 0 Å². The van der Waals surface area contributed by atoms with Crippen molar-refractivity contribution in [2.45, 2.75) is 51.6 Å². The average Bonchev–Trinajstić information content (AvgIpc) is 3.40. The molecule has 9 heteroatoms. The quantitative estimate of drug-likeness (QED) is 0.474. The molecular formula is C25H28FN7O. The summed E-state index contributed by atoms with van der Waals surface area (Å²) in [6.07, 6.45) is 10.2. The van der Waals surface area contributed by atoms with Crippen LogP contribution in [0.2, 0.25) is 0 Å². The molecular weight excluding hydrogens is 433 g/mol.